The highest BCUT2D eigenvalue weighted by molar-refractivity contribution is 5.53. The van der Waals surface area contributed by atoms with Crippen molar-refractivity contribution in [2.45, 2.75) is 57.1 Å². The van der Waals surface area contributed by atoms with Crippen LogP contribution in [-0.4, -0.2) is 30.1 Å². The third-order valence-electron chi connectivity index (χ3n) is 5.96. The molecular formula is C28H27F8NO2. The Morgan fingerprint density at radius 2 is 1.36 bits per heavy atom. The van der Waals surface area contributed by atoms with Crippen molar-refractivity contribution in [3.8, 4) is 11.5 Å². The van der Waals surface area contributed by atoms with E-state index in [2.05, 4.69) is 0 Å². The second-order valence-corrected chi connectivity index (χ2v) is 10.0. The standard InChI is InChI=1S/C28H27F8NO2/c1-25(2,3)19-9-6-11-21(14-19)39-22-12-7-10-20(15-22)37(17-24(38)27(31,32)33)16-18-8-4-5-13-23(18)26(29,30)28(34,35)36/h4-15,24,38H,16-17H2,1-3H3/t24-/m1/s1. The van der Waals surface area contributed by atoms with Crippen LogP contribution in [0.1, 0.15) is 37.5 Å². The number of aliphatic hydroxyl groups is 1. The molecule has 0 aliphatic carbocycles. The summed E-state index contributed by atoms with van der Waals surface area (Å²) in [6, 6.07) is 16.4. The Morgan fingerprint density at radius 1 is 0.769 bits per heavy atom. The van der Waals surface area contributed by atoms with E-state index in [0.717, 1.165) is 22.6 Å². The van der Waals surface area contributed by atoms with Crippen molar-refractivity contribution in [2.75, 3.05) is 11.4 Å². The zero-order valence-electron chi connectivity index (χ0n) is 21.2. The topological polar surface area (TPSA) is 32.7 Å². The quantitative estimate of drug-likeness (QED) is 0.281. The van der Waals surface area contributed by atoms with Crippen LogP contribution in [0.3, 0.4) is 0 Å². The molecule has 0 aliphatic heterocycles. The maximum Gasteiger partial charge on any atom is 0.458 e. The van der Waals surface area contributed by atoms with Gasteiger partial charge in [-0.25, -0.2) is 0 Å². The van der Waals surface area contributed by atoms with Crippen LogP contribution in [0.5, 0.6) is 11.5 Å². The lowest BCUT2D eigenvalue weighted by Crippen LogP contribution is -2.41. The summed E-state index contributed by atoms with van der Waals surface area (Å²) in [4.78, 5) is 0.877. The Hall–Kier alpha value is -3.34. The summed E-state index contributed by atoms with van der Waals surface area (Å²) in [5.74, 6) is -4.64. The number of hydrogen-bond donors (Lipinski definition) is 1. The van der Waals surface area contributed by atoms with E-state index < -0.39 is 48.6 Å². The van der Waals surface area contributed by atoms with E-state index in [1.165, 1.54) is 30.3 Å². The van der Waals surface area contributed by atoms with Crippen molar-refractivity contribution in [1.29, 1.82) is 0 Å². The number of nitrogens with zero attached hydrogens (tertiary/aromatic N) is 1. The van der Waals surface area contributed by atoms with Gasteiger partial charge >= 0.3 is 18.3 Å². The van der Waals surface area contributed by atoms with Crippen LogP contribution in [0.4, 0.5) is 40.8 Å². The number of anilines is 1. The molecule has 212 valence electrons. The predicted molar refractivity (Wildman–Crippen MR) is 131 cm³/mol. The number of benzene rings is 3. The molecule has 0 aliphatic rings. The third kappa shape index (κ3) is 7.40. The second kappa shape index (κ2) is 11.0. The maximum absolute atomic E-state index is 14.3. The molecule has 0 fully saturated rings. The van der Waals surface area contributed by atoms with Gasteiger partial charge in [0.25, 0.3) is 0 Å². The normalized spacial score (nSPS) is 13.7. The summed E-state index contributed by atoms with van der Waals surface area (Å²) in [5, 5.41) is 9.74. The van der Waals surface area contributed by atoms with E-state index in [1.807, 2.05) is 26.8 Å². The van der Waals surface area contributed by atoms with Crippen LogP contribution >= 0.6 is 0 Å². The summed E-state index contributed by atoms with van der Waals surface area (Å²) in [5.41, 5.74) is -1.19. The molecule has 0 saturated carbocycles. The van der Waals surface area contributed by atoms with Crippen LogP contribution in [0.25, 0.3) is 0 Å². The minimum atomic E-state index is -5.92. The lowest BCUT2D eigenvalue weighted by molar-refractivity contribution is -0.289. The molecule has 3 aromatic rings. The molecule has 3 nitrogen and oxygen atoms in total. The van der Waals surface area contributed by atoms with E-state index in [1.54, 1.807) is 18.2 Å². The van der Waals surface area contributed by atoms with Crippen molar-refractivity contribution in [1.82, 2.24) is 0 Å². The average Bonchev–Trinajstić information content (AvgIpc) is 2.82. The molecule has 3 aromatic carbocycles. The molecule has 0 radical (unpaired) electrons. The van der Waals surface area contributed by atoms with Gasteiger partial charge in [0.2, 0.25) is 0 Å². The highest BCUT2D eigenvalue weighted by atomic mass is 19.4. The molecular weight excluding hydrogens is 534 g/mol. The summed E-state index contributed by atoms with van der Waals surface area (Å²) < 4.78 is 113. The molecule has 11 heteroatoms. The largest absolute Gasteiger partial charge is 0.458 e. The number of aliphatic hydroxyl groups excluding tert-OH is 1. The molecule has 0 heterocycles. The summed E-state index contributed by atoms with van der Waals surface area (Å²) >= 11 is 0. The van der Waals surface area contributed by atoms with Gasteiger partial charge in [0.1, 0.15) is 11.5 Å². The van der Waals surface area contributed by atoms with E-state index in [-0.39, 0.29) is 16.9 Å². The Balaban J connectivity index is 2.00. The highest BCUT2D eigenvalue weighted by Gasteiger charge is 2.59. The van der Waals surface area contributed by atoms with Gasteiger partial charge < -0.3 is 14.7 Å². The van der Waals surface area contributed by atoms with Crippen molar-refractivity contribution in [3.63, 3.8) is 0 Å². The van der Waals surface area contributed by atoms with Gasteiger partial charge in [-0.1, -0.05) is 63.2 Å². The second-order valence-electron chi connectivity index (χ2n) is 10.0. The molecule has 3 rings (SSSR count). The van der Waals surface area contributed by atoms with E-state index in [9.17, 15) is 40.2 Å². The minimum absolute atomic E-state index is 0.00732. The Morgan fingerprint density at radius 3 is 1.95 bits per heavy atom. The van der Waals surface area contributed by atoms with Crippen molar-refractivity contribution < 1.29 is 45.0 Å². The number of ether oxygens (including phenoxy) is 1. The van der Waals surface area contributed by atoms with Gasteiger partial charge in [0.05, 0.1) is 6.54 Å². The number of alkyl halides is 8. The summed E-state index contributed by atoms with van der Waals surface area (Å²) in [6.45, 7) is 4.08. The molecule has 0 saturated heterocycles. The van der Waals surface area contributed by atoms with E-state index in [0.29, 0.717) is 11.8 Å². The van der Waals surface area contributed by atoms with Gasteiger partial charge in [-0.3, -0.25) is 0 Å². The zero-order chi connectivity index (χ0) is 29.2. The first-order chi connectivity index (χ1) is 17.9. The number of rotatable bonds is 8. The SMILES string of the molecule is CC(C)(C)c1cccc(Oc2cccc(N(Cc3ccccc3C(F)(F)C(F)(F)F)C[C@@H](O)C(F)(F)F)c2)c1. The van der Waals surface area contributed by atoms with Gasteiger partial charge in [-0.2, -0.15) is 35.1 Å². The fourth-order valence-corrected chi connectivity index (χ4v) is 3.80. The van der Waals surface area contributed by atoms with Crippen molar-refractivity contribution >= 4 is 5.69 Å². The van der Waals surface area contributed by atoms with Gasteiger partial charge in [-0.15, -0.1) is 0 Å². The molecule has 0 unspecified atom stereocenters. The third-order valence-corrected chi connectivity index (χ3v) is 5.96. The molecule has 0 aromatic heterocycles. The predicted octanol–water partition coefficient (Wildman–Crippen LogP) is 8.36. The molecule has 1 N–H and O–H groups in total. The summed E-state index contributed by atoms with van der Waals surface area (Å²) in [7, 11) is 0. The average molecular weight is 562 g/mol. The monoisotopic (exact) mass is 561 g/mol. The lowest BCUT2D eigenvalue weighted by Gasteiger charge is -2.30. The van der Waals surface area contributed by atoms with Crippen LogP contribution in [0.2, 0.25) is 0 Å². The molecule has 39 heavy (non-hydrogen) atoms. The van der Waals surface area contributed by atoms with Gasteiger partial charge in [0.15, 0.2) is 6.10 Å². The molecule has 0 amide bonds. The first-order valence-electron chi connectivity index (χ1n) is 11.8. The smallest absolute Gasteiger partial charge is 0.457 e. The fraction of sp³-hybridized carbons (Fsp3) is 0.357. The molecule has 1 atom stereocenters. The molecule has 0 bridgehead atoms. The van der Waals surface area contributed by atoms with Crippen LogP contribution in [0.15, 0.2) is 72.8 Å². The van der Waals surface area contributed by atoms with Crippen LogP contribution in [-0.2, 0) is 17.9 Å². The Bertz CT molecular complexity index is 1270. The first kappa shape index (κ1) is 30.2. The number of hydrogen-bond acceptors (Lipinski definition) is 3. The Labute approximate surface area is 220 Å². The van der Waals surface area contributed by atoms with Gasteiger partial charge in [0, 0.05) is 23.9 Å². The lowest BCUT2D eigenvalue weighted by atomic mass is 9.87. The van der Waals surface area contributed by atoms with Crippen molar-refractivity contribution in [2.24, 2.45) is 0 Å². The van der Waals surface area contributed by atoms with Crippen LogP contribution < -0.4 is 9.64 Å². The maximum atomic E-state index is 14.3. The highest BCUT2D eigenvalue weighted by Crippen LogP contribution is 2.45. The number of halogens is 8. The Kier molecular flexibility index (Phi) is 8.54. The van der Waals surface area contributed by atoms with Gasteiger partial charge in [-0.05, 0) is 40.8 Å². The first-order valence-corrected chi connectivity index (χ1v) is 11.8. The van der Waals surface area contributed by atoms with E-state index in [4.69, 9.17) is 4.74 Å². The summed E-state index contributed by atoms with van der Waals surface area (Å²) in [6.07, 6.45) is -13.9. The minimum Gasteiger partial charge on any atom is -0.457 e. The van der Waals surface area contributed by atoms with E-state index >= 15 is 0 Å². The molecule has 0 spiro atoms. The zero-order valence-corrected chi connectivity index (χ0v) is 21.2. The van der Waals surface area contributed by atoms with Crippen molar-refractivity contribution in [3.05, 3.63) is 89.5 Å². The fourth-order valence-electron chi connectivity index (χ4n) is 3.80. The van der Waals surface area contributed by atoms with Crippen LogP contribution in [0, 0.1) is 0 Å².